The number of hydrogen-bond donors (Lipinski definition) is 0. The van der Waals surface area contributed by atoms with E-state index in [1.165, 1.54) is 0 Å². The first-order valence-corrected chi connectivity index (χ1v) is 6.76. The zero-order valence-corrected chi connectivity index (χ0v) is 12.6. The third-order valence-corrected chi connectivity index (χ3v) is 3.06. The standard InChI is InChI=1S/C14H21BrO2/c1-10(2)7-11(3)17-9-12-8-13(15)5-6-14(12)16-4/h5-6,8,10-11H,7,9H2,1-4H3. The molecule has 0 amide bonds. The van der Waals surface area contributed by atoms with E-state index in [-0.39, 0.29) is 6.10 Å². The second-order valence-electron chi connectivity index (χ2n) is 4.71. The highest BCUT2D eigenvalue weighted by Crippen LogP contribution is 2.24. The van der Waals surface area contributed by atoms with Crippen LogP contribution in [0.2, 0.25) is 0 Å². The summed E-state index contributed by atoms with van der Waals surface area (Å²) in [5.74, 6) is 1.54. The van der Waals surface area contributed by atoms with Gasteiger partial charge in [0.15, 0.2) is 0 Å². The van der Waals surface area contributed by atoms with E-state index in [2.05, 4.69) is 36.7 Å². The number of hydrogen-bond acceptors (Lipinski definition) is 2. The second-order valence-corrected chi connectivity index (χ2v) is 5.62. The number of rotatable bonds is 6. The van der Waals surface area contributed by atoms with E-state index >= 15 is 0 Å². The Morgan fingerprint density at radius 3 is 2.53 bits per heavy atom. The van der Waals surface area contributed by atoms with E-state index in [1.807, 2.05) is 18.2 Å². The van der Waals surface area contributed by atoms with Crippen LogP contribution < -0.4 is 4.74 Å². The Kier molecular flexibility index (Phi) is 6.00. The third-order valence-electron chi connectivity index (χ3n) is 2.57. The Morgan fingerprint density at radius 2 is 1.94 bits per heavy atom. The van der Waals surface area contributed by atoms with Crippen molar-refractivity contribution in [2.45, 2.75) is 39.9 Å². The number of ether oxygens (including phenoxy) is 2. The van der Waals surface area contributed by atoms with Gasteiger partial charge in [0, 0.05) is 10.0 Å². The minimum Gasteiger partial charge on any atom is -0.496 e. The summed E-state index contributed by atoms with van der Waals surface area (Å²) in [5, 5.41) is 0. The molecular formula is C14H21BrO2. The molecule has 0 spiro atoms. The van der Waals surface area contributed by atoms with Gasteiger partial charge >= 0.3 is 0 Å². The highest BCUT2D eigenvalue weighted by atomic mass is 79.9. The summed E-state index contributed by atoms with van der Waals surface area (Å²) < 4.78 is 12.2. The molecule has 0 aliphatic rings. The van der Waals surface area contributed by atoms with Crippen LogP contribution in [0, 0.1) is 5.92 Å². The summed E-state index contributed by atoms with van der Waals surface area (Å²) in [7, 11) is 1.68. The summed E-state index contributed by atoms with van der Waals surface area (Å²) in [6.07, 6.45) is 1.36. The van der Waals surface area contributed by atoms with Gasteiger partial charge in [0.05, 0.1) is 19.8 Å². The van der Waals surface area contributed by atoms with Crippen LogP contribution in [0.4, 0.5) is 0 Å². The summed E-state index contributed by atoms with van der Waals surface area (Å²) in [6, 6.07) is 5.97. The van der Waals surface area contributed by atoms with Crippen molar-refractivity contribution in [2.75, 3.05) is 7.11 Å². The first-order valence-electron chi connectivity index (χ1n) is 5.97. The van der Waals surface area contributed by atoms with Gasteiger partial charge in [-0.2, -0.15) is 0 Å². The molecule has 0 fully saturated rings. The molecule has 1 aromatic rings. The topological polar surface area (TPSA) is 18.5 Å². The van der Waals surface area contributed by atoms with Gasteiger partial charge in [-0.3, -0.25) is 0 Å². The molecule has 0 N–H and O–H groups in total. The Balaban J connectivity index is 2.58. The molecule has 0 saturated carbocycles. The number of halogens is 1. The van der Waals surface area contributed by atoms with Crippen LogP contribution in [0.5, 0.6) is 5.75 Å². The van der Waals surface area contributed by atoms with Gasteiger partial charge in [-0.1, -0.05) is 29.8 Å². The Hall–Kier alpha value is -0.540. The summed E-state index contributed by atoms with van der Waals surface area (Å²) in [6.45, 7) is 7.13. The predicted molar refractivity (Wildman–Crippen MR) is 74.4 cm³/mol. The molecule has 1 unspecified atom stereocenters. The van der Waals surface area contributed by atoms with Crippen molar-refractivity contribution in [1.82, 2.24) is 0 Å². The monoisotopic (exact) mass is 300 g/mol. The second kappa shape index (κ2) is 7.02. The van der Waals surface area contributed by atoms with Crippen molar-refractivity contribution >= 4 is 15.9 Å². The molecular weight excluding hydrogens is 280 g/mol. The Morgan fingerprint density at radius 1 is 1.24 bits per heavy atom. The quantitative estimate of drug-likeness (QED) is 0.775. The van der Waals surface area contributed by atoms with Crippen molar-refractivity contribution in [2.24, 2.45) is 5.92 Å². The Bertz CT molecular complexity index is 350. The normalized spacial score (nSPS) is 12.8. The Labute approximate surface area is 112 Å². The van der Waals surface area contributed by atoms with Crippen LogP contribution in [-0.2, 0) is 11.3 Å². The van der Waals surface area contributed by atoms with E-state index in [0.29, 0.717) is 12.5 Å². The van der Waals surface area contributed by atoms with E-state index in [1.54, 1.807) is 7.11 Å². The van der Waals surface area contributed by atoms with E-state index < -0.39 is 0 Å². The van der Waals surface area contributed by atoms with Crippen molar-refractivity contribution in [3.63, 3.8) is 0 Å². The molecule has 17 heavy (non-hydrogen) atoms. The van der Waals surface area contributed by atoms with Crippen LogP contribution in [0.1, 0.15) is 32.8 Å². The van der Waals surface area contributed by atoms with Crippen molar-refractivity contribution in [1.29, 1.82) is 0 Å². The van der Waals surface area contributed by atoms with Crippen LogP contribution in [0.15, 0.2) is 22.7 Å². The van der Waals surface area contributed by atoms with E-state index in [4.69, 9.17) is 9.47 Å². The predicted octanol–water partition coefficient (Wildman–Crippen LogP) is 4.41. The first-order chi connectivity index (χ1) is 8.02. The highest BCUT2D eigenvalue weighted by molar-refractivity contribution is 9.10. The minimum absolute atomic E-state index is 0.277. The molecule has 3 heteroatoms. The lowest BCUT2D eigenvalue weighted by atomic mass is 10.1. The molecule has 0 heterocycles. The minimum atomic E-state index is 0.277. The SMILES string of the molecule is COc1ccc(Br)cc1COC(C)CC(C)C. The highest BCUT2D eigenvalue weighted by Gasteiger charge is 2.08. The van der Waals surface area contributed by atoms with Crippen LogP contribution in [-0.4, -0.2) is 13.2 Å². The molecule has 0 saturated heterocycles. The van der Waals surface area contributed by atoms with Gasteiger partial charge in [-0.15, -0.1) is 0 Å². The fourth-order valence-electron chi connectivity index (χ4n) is 1.82. The van der Waals surface area contributed by atoms with E-state index in [9.17, 15) is 0 Å². The summed E-state index contributed by atoms with van der Waals surface area (Å²) >= 11 is 3.46. The molecule has 2 nitrogen and oxygen atoms in total. The van der Waals surface area contributed by atoms with Gasteiger partial charge in [0.1, 0.15) is 5.75 Å². The largest absolute Gasteiger partial charge is 0.496 e. The lowest BCUT2D eigenvalue weighted by Gasteiger charge is -2.16. The molecule has 1 atom stereocenters. The maximum atomic E-state index is 5.84. The number of methoxy groups -OCH3 is 1. The molecule has 0 aliphatic carbocycles. The zero-order chi connectivity index (χ0) is 12.8. The van der Waals surface area contributed by atoms with Crippen molar-refractivity contribution < 1.29 is 9.47 Å². The maximum Gasteiger partial charge on any atom is 0.124 e. The zero-order valence-electron chi connectivity index (χ0n) is 11.0. The van der Waals surface area contributed by atoms with Gasteiger partial charge in [-0.05, 0) is 37.5 Å². The third kappa shape index (κ3) is 5.09. The fourth-order valence-corrected chi connectivity index (χ4v) is 2.23. The first kappa shape index (κ1) is 14.5. The average molecular weight is 301 g/mol. The lowest BCUT2D eigenvalue weighted by molar-refractivity contribution is 0.0387. The van der Waals surface area contributed by atoms with Crippen LogP contribution >= 0.6 is 15.9 Å². The van der Waals surface area contributed by atoms with Gasteiger partial charge in [-0.25, -0.2) is 0 Å². The molecule has 0 bridgehead atoms. The average Bonchev–Trinajstić information content (AvgIpc) is 2.25. The van der Waals surface area contributed by atoms with Crippen molar-refractivity contribution in [3.8, 4) is 5.75 Å². The lowest BCUT2D eigenvalue weighted by Crippen LogP contribution is -2.11. The van der Waals surface area contributed by atoms with Gasteiger partial charge < -0.3 is 9.47 Å². The van der Waals surface area contributed by atoms with Crippen LogP contribution in [0.3, 0.4) is 0 Å². The van der Waals surface area contributed by atoms with Gasteiger partial charge in [0.25, 0.3) is 0 Å². The van der Waals surface area contributed by atoms with Gasteiger partial charge in [0.2, 0.25) is 0 Å². The number of benzene rings is 1. The molecule has 0 aliphatic heterocycles. The van der Waals surface area contributed by atoms with Crippen LogP contribution in [0.25, 0.3) is 0 Å². The van der Waals surface area contributed by atoms with E-state index in [0.717, 1.165) is 22.2 Å². The maximum absolute atomic E-state index is 5.84. The summed E-state index contributed by atoms with van der Waals surface area (Å²) in [5.41, 5.74) is 1.08. The molecule has 1 aromatic carbocycles. The molecule has 0 aromatic heterocycles. The van der Waals surface area contributed by atoms with Crippen molar-refractivity contribution in [3.05, 3.63) is 28.2 Å². The molecule has 1 rings (SSSR count). The molecule has 0 radical (unpaired) electrons. The molecule has 96 valence electrons. The smallest absolute Gasteiger partial charge is 0.124 e. The summed E-state index contributed by atoms with van der Waals surface area (Å²) in [4.78, 5) is 0. The fraction of sp³-hybridized carbons (Fsp3) is 0.571.